The van der Waals surface area contributed by atoms with Gasteiger partial charge in [0.05, 0.1) is 6.54 Å². The molecule has 1 N–H and O–H groups in total. The smallest absolute Gasteiger partial charge is 0.184 e. The molecule has 0 aliphatic carbocycles. The highest BCUT2D eigenvalue weighted by atomic mass is 16.5. The monoisotopic (exact) mass is 266 g/mol. The van der Waals surface area contributed by atoms with E-state index in [1.807, 2.05) is 48.5 Å². The van der Waals surface area contributed by atoms with Crippen molar-refractivity contribution in [2.24, 2.45) is 4.99 Å². The zero-order valence-electron chi connectivity index (χ0n) is 10.9. The Hall–Kier alpha value is -2.49. The van der Waals surface area contributed by atoms with Crippen LogP contribution in [0.2, 0.25) is 0 Å². The first kappa shape index (κ1) is 11.3. The van der Waals surface area contributed by atoms with E-state index in [4.69, 9.17) is 9.47 Å². The lowest BCUT2D eigenvalue weighted by molar-refractivity contribution is 0.272. The Balaban J connectivity index is 1.86. The summed E-state index contributed by atoms with van der Waals surface area (Å²) in [4.78, 5) is 4.50. The molecule has 1 atom stereocenters. The Morgan fingerprint density at radius 1 is 0.950 bits per heavy atom. The Bertz CT molecular complexity index is 682. The van der Waals surface area contributed by atoms with Crippen LogP contribution in [-0.2, 0) is 0 Å². The summed E-state index contributed by atoms with van der Waals surface area (Å²) in [5, 5.41) is 3.30. The van der Waals surface area contributed by atoms with Gasteiger partial charge in [-0.15, -0.1) is 0 Å². The number of ether oxygens (including phenoxy) is 2. The molecule has 0 bridgehead atoms. The van der Waals surface area contributed by atoms with Gasteiger partial charge in [0.2, 0.25) is 0 Å². The summed E-state index contributed by atoms with van der Waals surface area (Å²) >= 11 is 0. The molecule has 4 heteroatoms. The van der Waals surface area contributed by atoms with Crippen LogP contribution in [0, 0.1) is 0 Å². The van der Waals surface area contributed by atoms with E-state index in [0.29, 0.717) is 0 Å². The van der Waals surface area contributed by atoms with Crippen molar-refractivity contribution in [1.82, 2.24) is 5.32 Å². The highest BCUT2D eigenvalue weighted by molar-refractivity contribution is 5.90. The van der Waals surface area contributed by atoms with Crippen molar-refractivity contribution in [1.29, 1.82) is 0 Å². The fraction of sp³-hybridized carbons (Fsp3) is 0.188. The van der Waals surface area contributed by atoms with Crippen LogP contribution < -0.4 is 14.8 Å². The van der Waals surface area contributed by atoms with Crippen LogP contribution in [0.25, 0.3) is 0 Å². The lowest BCUT2D eigenvalue weighted by atomic mass is 10.1. The number of para-hydroxylation sites is 3. The van der Waals surface area contributed by atoms with E-state index >= 15 is 0 Å². The van der Waals surface area contributed by atoms with Gasteiger partial charge in [0.1, 0.15) is 11.6 Å². The maximum absolute atomic E-state index is 6.15. The molecule has 100 valence electrons. The average Bonchev–Trinajstić information content (AvgIpc) is 2.96. The number of nitrogens with zero attached hydrogens (tertiary/aromatic N) is 1. The highest BCUT2D eigenvalue weighted by Crippen LogP contribution is 2.41. The van der Waals surface area contributed by atoms with Crippen molar-refractivity contribution in [3.05, 3.63) is 54.1 Å². The molecule has 2 aliphatic heterocycles. The molecular formula is C16H14N2O2. The van der Waals surface area contributed by atoms with Crippen molar-refractivity contribution >= 4 is 5.84 Å². The van der Waals surface area contributed by atoms with Gasteiger partial charge in [-0.05, 0) is 18.2 Å². The van der Waals surface area contributed by atoms with Crippen molar-refractivity contribution in [2.75, 3.05) is 13.1 Å². The van der Waals surface area contributed by atoms with Crippen LogP contribution in [0.15, 0.2) is 53.5 Å². The predicted molar refractivity (Wildman–Crippen MR) is 76.6 cm³/mol. The second-order valence-electron chi connectivity index (χ2n) is 4.78. The van der Waals surface area contributed by atoms with Crippen molar-refractivity contribution < 1.29 is 9.47 Å². The average molecular weight is 266 g/mol. The molecule has 2 aromatic rings. The van der Waals surface area contributed by atoms with Gasteiger partial charge in [-0.1, -0.05) is 30.3 Å². The Morgan fingerprint density at radius 2 is 1.70 bits per heavy atom. The van der Waals surface area contributed by atoms with Gasteiger partial charge in [-0.2, -0.15) is 0 Å². The standard InChI is InChI=1S/C16H14N2O2/c1-2-6-12-11(5-1)15(16-17-9-10-18-16)20-14-8-4-3-7-13(14)19-12/h1-8,15H,9-10H2,(H,17,18). The molecule has 0 saturated carbocycles. The Morgan fingerprint density at radius 3 is 2.50 bits per heavy atom. The van der Waals surface area contributed by atoms with Crippen LogP contribution in [-0.4, -0.2) is 18.9 Å². The molecule has 0 aromatic heterocycles. The summed E-state index contributed by atoms with van der Waals surface area (Å²) in [6, 6.07) is 15.7. The second-order valence-corrected chi connectivity index (χ2v) is 4.78. The van der Waals surface area contributed by atoms with Gasteiger partial charge in [0.25, 0.3) is 0 Å². The number of nitrogens with one attached hydrogen (secondary N) is 1. The largest absolute Gasteiger partial charge is 0.474 e. The van der Waals surface area contributed by atoms with E-state index in [1.54, 1.807) is 0 Å². The molecule has 0 fully saturated rings. The molecular weight excluding hydrogens is 252 g/mol. The van der Waals surface area contributed by atoms with E-state index in [1.165, 1.54) is 0 Å². The van der Waals surface area contributed by atoms with Crippen LogP contribution >= 0.6 is 0 Å². The van der Waals surface area contributed by atoms with Gasteiger partial charge in [-0.25, -0.2) is 0 Å². The minimum Gasteiger partial charge on any atom is -0.474 e. The molecule has 0 amide bonds. The number of aliphatic imine (C=N–C) groups is 1. The number of rotatable bonds is 1. The van der Waals surface area contributed by atoms with Crippen LogP contribution in [0.5, 0.6) is 17.2 Å². The van der Waals surface area contributed by atoms with E-state index < -0.39 is 0 Å². The van der Waals surface area contributed by atoms with Crippen molar-refractivity contribution in [3.63, 3.8) is 0 Å². The molecule has 20 heavy (non-hydrogen) atoms. The van der Waals surface area contributed by atoms with Gasteiger partial charge in [-0.3, -0.25) is 4.99 Å². The van der Waals surface area contributed by atoms with Gasteiger partial charge in [0.15, 0.2) is 17.6 Å². The maximum atomic E-state index is 6.15. The van der Waals surface area contributed by atoms with E-state index in [9.17, 15) is 0 Å². The lowest BCUT2D eigenvalue weighted by Crippen LogP contribution is -2.28. The Labute approximate surface area is 117 Å². The van der Waals surface area contributed by atoms with Crippen LogP contribution in [0.4, 0.5) is 0 Å². The number of fused-ring (bicyclic) bond motifs is 2. The molecule has 4 rings (SSSR count). The zero-order chi connectivity index (χ0) is 13.4. The fourth-order valence-corrected chi connectivity index (χ4v) is 2.53. The van der Waals surface area contributed by atoms with Crippen LogP contribution in [0.3, 0.4) is 0 Å². The van der Waals surface area contributed by atoms with E-state index in [2.05, 4.69) is 10.3 Å². The number of hydrogen-bond acceptors (Lipinski definition) is 4. The molecule has 2 heterocycles. The summed E-state index contributed by atoms with van der Waals surface area (Å²) in [7, 11) is 0. The molecule has 0 spiro atoms. The summed E-state index contributed by atoms with van der Waals surface area (Å²) in [6.45, 7) is 1.65. The first-order valence-corrected chi connectivity index (χ1v) is 6.72. The van der Waals surface area contributed by atoms with E-state index in [-0.39, 0.29) is 6.10 Å². The molecule has 2 aromatic carbocycles. The second kappa shape index (κ2) is 4.56. The first-order chi connectivity index (χ1) is 9.92. The predicted octanol–water partition coefficient (Wildman–Crippen LogP) is 2.91. The lowest BCUT2D eigenvalue weighted by Gasteiger charge is -2.18. The molecule has 1 unspecified atom stereocenters. The molecule has 2 aliphatic rings. The van der Waals surface area contributed by atoms with E-state index in [0.717, 1.165) is 41.7 Å². The first-order valence-electron chi connectivity index (χ1n) is 6.72. The molecule has 0 radical (unpaired) electrons. The number of amidine groups is 1. The topological polar surface area (TPSA) is 42.8 Å². The van der Waals surface area contributed by atoms with Gasteiger partial charge >= 0.3 is 0 Å². The van der Waals surface area contributed by atoms with Crippen molar-refractivity contribution in [3.8, 4) is 17.2 Å². The van der Waals surface area contributed by atoms with Gasteiger partial charge in [0, 0.05) is 12.1 Å². The van der Waals surface area contributed by atoms with Crippen LogP contribution in [0.1, 0.15) is 11.7 Å². The third-order valence-electron chi connectivity index (χ3n) is 3.46. The number of benzene rings is 2. The quantitative estimate of drug-likeness (QED) is 0.863. The minimum absolute atomic E-state index is 0.239. The SMILES string of the molecule is c1ccc2c(c1)Oc1ccccc1C(C1=NCCN1)O2. The van der Waals surface area contributed by atoms with Crippen molar-refractivity contribution in [2.45, 2.75) is 6.10 Å². The third kappa shape index (κ3) is 1.81. The zero-order valence-corrected chi connectivity index (χ0v) is 10.9. The molecule has 0 saturated heterocycles. The molecule has 4 nitrogen and oxygen atoms in total. The fourth-order valence-electron chi connectivity index (χ4n) is 2.53. The highest BCUT2D eigenvalue weighted by Gasteiger charge is 2.29. The summed E-state index contributed by atoms with van der Waals surface area (Å²) in [5.41, 5.74) is 0.997. The van der Waals surface area contributed by atoms with Gasteiger partial charge < -0.3 is 14.8 Å². The summed E-state index contributed by atoms with van der Waals surface area (Å²) in [5.74, 6) is 3.17. The number of hydrogen-bond donors (Lipinski definition) is 1. The summed E-state index contributed by atoms with van der Waals surface area (Å²) in [6.07, 6.45) is -0.239. The minimum atomic E-state index is -0.239. The Kier molecular flexibility index (Phi) is 2.59. The summed E-state index contributed by atoms with van der Waals surface area (Å²) < 4.78 is 12.1. The maximum Gasteiger partial charge on any atom is 0.184 e. The normalized spacial score (nSPS) is 19.6. The third-order valence-corrected chi connectivity index (χ3v) is 3.46.